The molecule has 9 nitrogen and oxygen atoms in total. The first kappa shape index (κ1) is 25.8. The van der Waals surface area contributed by atoms with E-state index in [2.05, 4.69) is 4.72 Å². The van der Waals surface area contributed by atoms with Crippen molar-refractivity contribution >= 4 is 25.7 Å². The van der Waals surface area contributed by atoms with Crippen molar-refractivity contribution in [2.45, 2.75) is 28.7 Å². The van der Waals surface area contributed by atoms with E-state index in [0.717, 1.165) is 35.3 Å². The molecule has 1 N–H and O–H groups in total. The summed E-state index contributed by atoms with van der Waals surface area (Å²) < 4.78 is 94.1. The Morgan fingerprint density at radius 3 is 2.34 bits per heavy atom. The Labute approximate surface area is 203 Å². The van der Waals surface area contributed by atoms with Crippen molar-refractivity contribution in [1.82, 2.24) is 9.03 Å². The molecule has 13 heteroatoms. The summed E-state index contributed by atoms with van der Waals surface area (Å²) in [7, 11) is -6.75. The zero-order valence-corrected chi connectivity index (χ0v) is 20.7. The van der Waals surface area contributed by atoms with Gasteiger partial charge in [0.2, 0.25) is 20.0 Å². The summed E-state index contributed by atoms with van der Waals surface area (Å²) in [5, 5.41) is 0. The first-order chi connectivity index (χ1) is 16.6. The molecule has 2 aliphatic rings. The quantitative estimate of drug-likeness (QED) is 0.555. The van der Waals surface area contributed by atoms with Gasteiger partial charge in [-0.25, -0.2) is 30.3 Å². The summed E-state index contributed by atoms with van der Waals surface area (Å²) in [6, 6.07) is 7.34. The van der Waals surface area contributed by atoms with Crippen molar-refractivity contribution in [3.63, 3.8) is 0 Å². The molecule has 0 spiro atoms. The number of methoxy groups -OCH3 is 1. The van der Waals surface area contributed by atoms with Crippen LogP contribution in [0.1, 0.15) is 12.8 Å². The van der Waals surface area contributed by atoms with Crippen molar-refractivity contribution in [1.29, 1.82) is 0 Å². The van der Waals surface area contributed by atoms with Crippen LogP contribution in [0, 0.1) is 11.6 Å². The Kier molecular flexibility index (Phi) is 7.62. The molecular weight excluding hydrogens is 504 g/mol. The van der Waals surface area contributed by atoms with Crippen LogP contribution in [0.25, 0.3) is 0 Å². The van der Waals surface area contributed by atoms with Crippen molar-refractivity contribution in [2.75, 3.05) is 51.3 Å². The average molecular weight is 532 g/mol. The van der Waals surface area contributed by atoms with Crippen LogP contribution in [0.4, 0.5) is 14.5 Å². The number of sulfonamides is 2. The molecule has 35 heavy (non-hydrogen) atoms. The molecule has 2 saturated heterocycles. The highest BCUT2D eigenvalue weighted by Crippen LogP contribution is 2.33. The van der Waals surface area contributed by atoms with Gasteiger partial charge in [0.15, 0.2) is 4.90 Å². The lowest BCUT2D eigenvalue weighted by molar-refractivity contribution is 0.114. The number of halogens is 2. The van der Waals surface area contributed by atoms with Gasteiger partial charge in [-0.3, -0.25) is 0 Å². The number of piperazine rings is 1. The zero-order valence-electron chi connectivity index (χ0n) is 19.1. The van der Waals surface area contributed by atoms with E-state index in [-0.39, 0.29) is 43.7 Å². The largest absolute Gasteiger partial charge is 0.495 e. The molecule has 2 heterocycles. The number of hydrogen-bond donors (Lipinski definition) is 1. The van der Waals surface area contributed by atoms with E-state index in [1.54, 1.807) is 4.90 Å². The molecule has 2 aliphatic heterocycles. The van der Waals surface area contributed by atoms with E-state index in [9.17, 15) is 25.6 Å². The summed E-state index contributed by atoms with van der Waals surface area (Å²) in [4.78, 5) is 0.841. The lowest BCUT2D eigenvalue weighted by Gasteiger charge is -2.36. The molecule has 4 rings (SSSR count). The van der Waals surface area contributed by atoms with Crippen LogP contribution < -0.4 is 14.4 Å². The molecule has 2 aromatic rings. The maximum atomic E-state index is 14.1. The second-order valence-corrected chi connectivity index (χ2v) is 11.9. The third-order valence-electron chi connectivity index (χ3n) is 6.08. The summed E-state index contributed by atoms with van der Waals surface area (Å²) >= 11 is 0. The summed E-state index contributed by atoms with van der Waals surface area (Å²) in [6.07, 6.45) is 1.53. The van der Waals surface area contributed by atoms with Crippen LogP contribution in [-0.2, 0) is 24.8 Å². The lowest BCUT2D eigenvalue weighted by Crippen LogP contribution is -2.49. The SMILES string of the molecule is COc1ccc(S(=O)(=O)NC[C@H]2CCCO2)cc1N1CCN(S(=O)(=O)c2c(F)cccc2F)CC1. The highest BCUT2D eigenvalue weighted by Gasteiger charge is 2.34. The van der Waals surface area contributed by atoms with E-state index < -0.39 is 36.6 Å². The molecule has 2 aromatic carbocycles. The maximum Gasteiger partial charge on any atom is 0.249 e. The van der Waals surface area contributed by atoms with Gasteiger partial charge in [-0.2, -0.15) is 4.31 Å². The lowest BCUT2D eigenvalue weighted by atomic mass is 10.2. The highest BCUT2D eigenvalue weighted by atomic mass is 32.2. The monoisotopic (exact) mass is 531 g/mol. The van der Waals surface area contributed by atoms with Crippen LogP contribution in [0.2, 0.25) is 0 Å². The minimum absolute atomic E-state index is 0.0368. The summed E-state index contributed by atoms with van der Waals surface area (Å²) in [5.74, 6) is -1.88. The minimum Gasteiger partial charge on any atom is -0.495 e. The van der Waals surface area contributed by atoms with Crippen LogP contribution in [0.5, 0.6) is 5.75 Å². The molecule has 192 valence electrons. The van der Waals surface area contributed by atoms with Gasteiger partial charge in [-0.1, -0.05) is 6.07 Å². The fourth-order valence-corrected chi connectivity index (χ4v) is 6.82. The molecule has 0 saturated carbocycles. The standard InChI is InChI=1S/C22H27F2N3O6S2/c1-32-21-8-7-17(34(28,29)25-15-16-4-3-13-33-16)14-20(21)26-9-11-27(12-10-26)35(30,31)22-18(23)5-2-6-19(22)24/h2,5-8,14,16,25H,3-4,9-13,15H2,1H3/t16-/m1/s1. The Hall–Kier alpha value is -2.32. The van der Waals surface area contributed by atoms with Gasteiger partial charge in [0.05, 0.1) is 23.8 Å². The minimum atomic E-state index is -4.38. The molecule has 0 unspecified atom stereocenters. The van der Waals surface area contributed by atoms with Gasteiger partial charge >= 0.3 is 0 Å². The first-order valence-corrected chi connectivity index (χ1v) is 14.0. The van der Waals surface area contributed by atoms with Crippen molar-refractivity contribution in [2.24, 2.45) is 0 Å². The number of nitrogens with one attached hydrogen (secondary N) is 1. The predicted molar refractivity (Wildman–Crippen MR) is 124 cm³/mol. The molecule has 0 radical (unpaired) electrons. The zero-order chi connectivity index (χ0) is 25.2. The Morgan fingerprint density at radius 1 is 1.06 bits per heavy atom. The van der Waals surface area contributed by atoms with Crippen molar-refractivity contribution < 1.29 is 35.1 Å². The maximum absolute atomic E-state index is 14.1. The predicted octanol–water partition coefficient (Wildman–Crippen LogP) is 1.94. The van der Waals surface area contributed by atoms with E-state index in [1.807, 2.05) is 0 Å². The van der Waals surface area contributed by atoms with Gasteiger partial charge in [0.25, 0.3) is 0 Å². The highest BCUT2D eigenvalue weighted by molar-refractivity contribution is 7.89. The van der Waals surface area contributed by atoms with E-state index in [1.165, 1.54) is 25.3 Å². The number of ether oxygens (including phenoxy) is 2. The molecule has 0 amide bonds. The second-order valence-electron chi connectivity index (χ2n) is 8.26. The van der Waals surface area contributed by atoms with E-state index >= 15 is 0 Å². The van der Waals surface area contributed by atoms with Gasteiger partial charge in [-0.05, 0) is 43.2 Å². The topological polar surface area (TPSA) is 105 Å². The number of benzene rings is 2. The fourth-order valence-electron chi connectivity index (χ4n) is 4.20. The van der Waals surface area contributed by atoms with Gasteiger partial charge < -0.3 is 14.4 Å². The van der Waals surface area contributed by atoms with Gasteiger partial charge in [0.1, 0.15) is 17.4 Å². The number of hydrogen-bond acceptors (Lipinski definition) is 7. The second kappa shape index (κ2) is 10.3. The Morgan fingerprint density at radius 2 is 1.74 bits per heavy atom. The molecule has 0 aromatic heterocycles. The van der Waals surface area contributed by atoms with Crippen molar-refractivity contribution in [3.05, 3.63) is 48.0 Å². The van der Waals surface area contributed by atoms with Crippen LogP contribution in [0.15, 0.2) is 46.2 Å². The molecule has 2 fully saturated rings. The number of rotatable bonds is 8. The van der Waals surface area contributed by atoms with Crippen molar-refractivity contribution in [3.8, 4) is 5.75 Å². The molecule has 0 bridgehead atoms. The first-order valence-electron chi connectivity index (χ1n) is 11.1. The van der Waals surface area contributed by atoms with Crippen LogP contribution in [0.3, 0.4) is 0 Å². The molecule has 0 aliphatic carbocycles. The third-order valence-corrected chi connectivity index (χ3v) is 9.45. The fraction of sp³-hybridized carbons (Fsp3) is 0.455. The Bertz CT molecular complexity index is 1260. The summed E-state index contributed by atoms with van der Waals surface area (Å²) in [6.45, 7) is 1.02. The molecule has 1 atom stereocenters. The van der Waals surface area contributed by atoms with Crippen LogP contribution in [-0.4, -0.2) is 73.7 Å². The number of nitrogens with zero attached hydrogens (tertiary/aromatic N) is 2. The van der Waals surface area contributed by atoms with Gasteiger partial charge in [-0.15, -0.1) is 0 Å². The smallest absolute Gasteiger partial charge is 0.249 e. The third kappa shape index (κ3) is 5.43. The normalized spacial score (nSPS) is 19.7. The van der Waals surface area contributed by atoms with E-state index in [4.69, 9.17) is 9.47 Å². The number of anilines is 1. The Balaban J connectivity index is 1.51. The van der Waals surface area contributed by atoms with Crippen LogP contribution >= 0.6 is 0 Å². The molecular formula is C22H27F2N3O6S2. The summed E-state index contributed by atoms with van der Waals surface area (Å²) in [5.41, 5.74) is 0.474. The van der Waals surface area contributed by atoms with Gasteiger partial charge in [0, 0.05) is 39.3 Å². The average Bonchev–Trinajstić information content (AvgIpc) is 3.36. The van der Waals surface area contributed by atoms with E-state index in [0.29, 0.717) is 18.0 Å².